The maximum atomic E-state index is 13.2. The van der Waals surface area contributed by atoms with Gasteiger partial charge in [0.25, 0.3) is 0 Å². The van der Waals surface area contributed by atoms with Gasteiger partial charge in [-0.1, -0.05) is 18.2 Å². The number of nitrogens with zero attached hydrogens (tertiary/aromatic N) is 2. The lowest BCUT2D eigenvalue weighted by Crippen LogP contribution is -2.53. The van der Waals surface area contributed by atoms with Crippen molar-refractivity contribution in [3.63, 3.8) is 0 Å². The lowest BCUT2D eigenvalue weighted by molar-refractivity contribution is -0.138. The van der Waals surface area contributed by atoms with Gasteiger partial charge in [0.15, 0.2) is 0 Å². The highest BCUT2D eigenvalue weighted by Crippen LogP contribution is 2.28. The van der Waals surface area contributed by atoms with Crippen LogP contribution in [0.4, 0.5) is 0 Å². The molecular weight excluding hydrogens is 338 g/mol. The molecule has 1 aromatic carbocycles. The Morgan fingerprint density at radius 3 is 2.52 bits per heavy atom. The summed E-state index contributed by atoms with van der Waals surface area (Å²) in [5, 5.41) is 3.44. The number of ether oxygens (including phenoxy) is 1. The predicted octanol–water partition coefficient (Wildman–Crippen LogP) is 2.58. The number of nitrogens with one attached hydrogen (secondary N) is 1. The molecule has 0 radical (unpaired) electrons. The summed E-state index contributed by atoms with van der Waals surface area (Å²) in [6.45, 7) is 7.00. The lowest BCUT2D eigenvalue weighted by Gasteiger charge is -2.39. The summed E-state index contributed by atoms with van der Waals surface area (Å²) >= 11 is 0. The molecule has 1 N–H and O–H groups in total. The minimum atomic E-state index is 0.113. The largest absolute Gasteiger partial charge is 0.490 e. The van der Waals surface area contributed by atoms with Crippen LogP contribution in [0.5, 0.6) is 5.75 Å². The van der Waals surface area contributed by atoms with E-state index in [1.807, 2.05) is 18.2 Å². The summed E-state index contributed by atoms with van der Waals surface area (Å²) < 4.78 is 6.20. The Bertz CT molecular complexity index is 636. The molecule has 3 aliphatic heterocycles. The number of aryl methyl sites for hydroxylation is 1. The molecule has 3 fully saturated rings. The standard InChI is InChI=1S/C22H33N3O2/c1-17-5-2-3-7-21(17)27-19-10-15-24(16-11-19)22(26)20-6-4-14-25(20)18-8-12-23-13-9-18/h2-3,5,7,18-20,23H,4,6,8-16H2,1H3. The average molecular weight is 372 g/mol. The van der Waals surface area contributed by atoms with E-state index in [4.69, 9.17) is 4.74 Å². The summed E-state index contributed by atoms with van der Waals surface area (Å²) in [5.41, 5.74) is 1.18. The van der Waals surface area contributed by atoms with Gasteiger partial charge in [0.05, 0.1) is 6.04 Å². The Morgan fingerprint density at radius 2 is 1.78 bits per heavy atom. The first-order chi connectivity index (χ1) is 13.2. The van der Waals surface area contributed by atoms with E-state index in [0.29, 0.717) is 11.9 Å². The van der Waals surface area contributed by atoms with Gasteiger partial charge >= 0.3 is 0 Å². The van der Waals surface area contributed by atoms with Crippen LogP contribution in [-0.2, 0) is 4.79 Å². The molecule has 1 amide bonds. The fourth-order valence-electron chi connectivity index (χ4n) is 4.90. The fraction of sp³-hybridized carbons (Fsp3) is 0.682. The van der Waals surface area contributed by atoms with E-state index in [0.717, 1.165) is 64.2 Å². The number of carbonyl (C=O) groups is 1. The maximum absolute atomic E-state index is 13.2. The third-order valence-electron chi connectivity index (χ3n) is 6.50. The zero-order valence-electron chi connectivity index (χ0n) is 16.5. The van der Waals surface area contributed by atoms with E-state index in [-0.39, 0.29) is 12.1 Å². The van der Waals surface area contributed by atoms with Gasteiger partial charge in [-0.05, 0) is 63.9 Å². The van der Waals surface area contributed by atoms with Gasteiger partial charge in [-0.25, -0.2) is 0 Å². The number of likely N-dealkylation sites (tertiary alicyclic amines) is 2. The number of amides is 1. The molecule has 0 aromatic heterocycles. The SMILES string of the molecule is Cc1ccccc1OC1CCN(C(=O)C2CCCN2C2CCNCC2)CC1. The Hall–Kier alpha value is -1.59. The van der Waals surface area contributed by atoms with Crippen molar-refractivity contribution in [1.82, 2.24) is 15.1 Å². The first-order valence-electron chi connectivity index (χ1n) is 10.7. The van der Waals surface area contributed by atoms with Crippen molar-refractivity contribution in [2.45, 2.75) is 63.6 Å². The van der Waals surface area contributed by atoms with Crippen molar-refractivity contribution in [2.24, 2.45) is 0 Å². The number of hydrogen-bond acceptors (Lipinski definition) is 4. The molecule has 0 saturated carbocycles. The molecule has 0 bridgehead atoms. The Balaban J connectivity index is 1.31. The normalized spacial score (nSPS) is 25.7. The second-order valence-corrected chi connectivity index (χ2v) is 8.29. The third kappa shape index (κ3) is 4.30. The van der Waals surface area contributed by atoms with Crippen molar-refractivity contribution in [1.29, 1.82) is 0 Å². The van der Waals surface area contributed by atoms with Crippen LogP contribution in [0, 0.1) is 6.92 Å². The van der Waals surface area contributed by atoms with E-state index in [1.54, 1.807) is 0 Å². The fourth-order valence-corrected chi connectivity index (χ4v) is 4.90. The van der Waals surface area contributed by atoms with Crippen molar-refractivity contribution in [3.8, 4) is 5.75 Å². The van der Waals surface area contributed by atoms with E-state index in [9.17, 15) is 4.79 Å². The smallest absolute Gasteiger partial charge is 0.239 e. The lowest BCUT2D eigenvalue weighted by atomic mass is 10.0. The van der Waals surface area contributed by atoms with E-state index in [1.165, 1.54) is 18.4 Å². The van der Waals surface area contributed by atoms with Crippen LogP contribution in [-0.4, -0.2) is 66.6 Å². The van der Waals surface area contributed by atoms with Crippen molar-refractivity contribution in [3.05, 3.63) is 29.8 Å². The minimum absolute atomic E-state index is 0.113. The van der Waals surface area contributed by atoms with Crippen LogP contribution in [0.15, 0.2) is 24.3 Å². The molecule has 3 aliphatic rings. The molecule has 1 aromatic rings. The Morgan fingerprint density at radius 1 is 1.04 bits per heavy atom. The van der Waals surface area contributed by atoms with Crippen LogP contribution < -0.4 is 10.1 Å². The summed E-state index contributed by atoms with van der Waals surface area (Å²) in [6, 6.07) is 8.90. The zero-order chi connectivity index (χ0) is 18.6. The van der Waals surface area contributed by atoms with Gasteiger partial charge in [-0.3, -0.25) is 9.69 Å². The van der Waals surface area contributed by atoms with Crippen molar-refractivity contribution in [2.75, 3.05) is 32.7 Å². The van der Waals surface area contributed by atoms with E-state index < -0.39 is 0 Å². The van der Waals surface area contributed by atoms with Crippen LogP contribution in [0.3, 0.4) is 0 Å². The van der Waals surface area contributed by atoms with Crippen molar-refractivity contribution < 1.29 is 9.53 Å². The molecule has 3 heterocycles. The molecule has 5 heteroatoms. The van der Waals surface area contributed by atoms with Gasteiger partial charge in [0.1, 0.15) is 11.9 Å². The van der Waals surface area contributed by atoms with Crippen LogP contribution >= 0.6 is 0 Å². The quantitative estimate of drug-likeness (QED) is 0.884. The number of benzene rings is 1. The van der Waals surface area contributed by atoms with E-state index >= 15 is 0 Å². The molecule has 0 aliphatic carbocycles. The molecule has 5 nitrogen and oxygen atoms in total. The number of piperidine rings is 2. The molecule has 4 rings (SSSR count). The second kappa shape index (κ2) is 8.61. The summed E-state index contributed by atoms with van der Waals surface area (Å²) in [7, 11) is 0. The Labute approximate surface area is 163 Å². The van der Waals surface area contributed by atoms with Crippen LogP contribution in [0.2, 0.25) is 0 Å². The molecule has 27 heavy (non-hydrogen) atoms. The van der Waals surface area contributed by atoms with Gasteiger partial charge < -0.3 is 15.0 Å². The number of carbonyl (C=O) groups excluding carboxylic acids is 1. The summed E-state index contributed by atoms with van der Waals surface area (Å²) in [6.07, 6.45) is 6.63. The van der Waals surface area contributed by atoms with Crippen LogP contribution in [0.25, 0.3) is 0 Å². The number of para-hydroxylation sites is 1. The monoisotopic (exact) mass is 371 g/mol. The summed E-state index contributed by atoms with van der Waals surface area (Å²) in [4.78, 5) is 17.8. The molecule has 1 atom stereocenters. The maximum Gasteiger partial charge on any atom is 0.239 e. The first kappa shape index (κ1) is 18.8. The number of rotatable bonds is 4. The zero-order valence-corrected chi connectivity index (χ0v) is 16.5. The molecule has 3 saturated heterocycles. The average Bonchev–Trinajstić information content (AvgIpc) is 3.20. The van der Waals surface area contributed by atoms with Gasteiger partial charge in [0, 0.05) is 32.0 Å². The van der Waals surface area contributed by atoms with E-state index in [2.05, 4.69) is 28.1 Å². The van der Waals surface area contributed by atoms with Gasteiger partial charge in [-0.15, -0.1) is 0 Å². The Kier molecular flexibility index (Phi) is 5.98. The van der Waals surface area contributed by atoms with Gasteiger partial charge in [0.2, 0.25) is 5.91 Å². The molecular formula is C22H33N3O2. The number of hydrogen-bond donors (Lipinski definition) is 1. The highest BCUT2D eigenvalue weighted by molar-refractivity contribution is 5.82. The van der Waals surface area contributed by atoms with Crippen LogP contribution in [0.1, 0.15) is 44.1 Å². The highest BCUT2D eigenvalue weighted by Gasteiger charge is 2.38. The molecule has 148 valence electrons. The highest BCUT2D eigenvalue weighted by atomic mass is 16.5. The molecule has 1 unspecified atom stereocenters. The first-order valence-corrected chi connectivity index (χ1v) is 10.7. The predicted molar refractivity (Wildman–Crippen MR) is 107 cm³/mol. The third-order valence-corrected chi connectivity index (χ3v) is 6.50. The molecule has 0 spiro atoms. The summed E-state index contributed by atoms with van der Waals surface area (Å²) in [5.74, 6) is 1.34. The van der Waals surface area contributed by atoms with Crippen molar-refractivity contribution >= 4 is 5.91 Å². The topological polar surface area (TPSA) is 44.8 Å². The van der Waals surface area contributed by atoms with Gasteiger partial charge in [-0.2, -0.15) is 0 Å². The second-order valence-electron chi connectivity index (χ2n) is 8.29. The minimum Gasteiger partial charge on any atom is -0.490 e.